The third kappa shape index (κ3) is 7.51. The summed E-state index contributed by atoms with van der Waals surface area (Å²) in [6.07, 6.45) is -0.0339. The van der Waals surface area contributed by atoms with Gasteiger partial charge in [-0.1, -0.05) is 23.7 Å². The van der Waals surface area contributed by atoms with Gasteiger partial charge in [0.2, 0.25) is 5.43 Å². The van der Waals surface area contributed by atoms with E-state index in [9.17, 15) is 24.0 Å². The molecule has 0 saturated carbocycles. The monoisotopic (exact) mass is 611 g/mol. The summed E-state index contributed by atoms with van der Waals surface area (Å²) in [6.45, 7) is 5.79. The van der Waals surface area contributed by atoms with Crippen LogP contribution < -0.4 is 15.6 Å². The van der Waals surface area contributed by atoms with Gasteiger partial charge in [-0.15, -0.1) is 0 Å². The first-order chi connectivity index (χ1) is 20.2. The highest BCUT2D eigenvalue weighted by Gasteiger charge is 2.35. The van der Waals surface area contributed by atoms with E-state index in [0.717, 1.165) is 12.8 Å². The molecule has 2 aromatic carbocycles. The standard InChI is InChI=1S/C30H34ClN5O7/c1-30(2,3)43-29(41)36(32-17-18-8-11-20(12-9-18)42-28(40)34(4)5)26(38)23-24(27(39)35-14-6-7-15-35)33-22-16-19(31)10-13-21(22)25(23)37/h8-13,16,32H,6-7,14-15,17H2,1-5H3,(H,33,37). The van der Waals surface area contributed by atoms with Crippen LogP contribution in [0.25, 0.3) is 10.9 Å². The number of hydrogen-bond donors (Lipinski definition) is 2. The molecule has 13 heteroatoms. The van der Waals surface area contributed by atoms with Gasteiger partial charge in [0.1, 0.15) is 22.6 Å². The molecule has 1 aliphatic rings. The number of carbonyl (C=O) groups excluding carboxylic acids is 4. The molecule has 0 atom stereocenters. The third-order valence-electron chi connectivity index (χ3n) is 6.50. The minimum atomic E-state index is -1.07. The Hall–Kier alpha value is -4.42. The van der Waals surface area contributed by atoms with E-state index >= 15 is 0 Å². The number of aromatic amines is 1. The minimum Gasteiger partial charge on any atom is -0.442 e. The summed E-state index contributed by atoms with van der Waals surface area (Å²) in [5.74, 6) is -1.30. The molecule has 0 radical (unpaired) electrons. The third-order valence-corrected chi connectivity index (χ3v) is 6.73. The van der Waals surface area contributed by atoms with Crippen LogP contribution in [-0.2, 0) is 11.3 Å². The van der Waals surface area contributed by atoms with Crippen molar-refractivity contribution in [2.24, 2.45) is 0 Å². The van der Waals surface area contributed by atoms with Crippen LogP contribution in [0.1, 0.15) is 60.0 Å². The second-order valence-corrected chi connectivity index (χ2v) is 11.7. The Morgan fingerprint density at radius 1 is 1.00 bits per heavy atom. The predicted molar refractivity (Wildman–Crippen MR) is 160 cm³/mol. The lowest BCUT2D eigenvalue weighted by atomic mass is 10.1. The maximum atomic E-state index is 14.1. The van der Waals surface area contributed by atoms with Crippen LogP contribution in [0.15, 0.2) is 47.3 Å². The fourth-order valence-electron chi connectivity index (χ4n) is 4.38. The minimum absolute atomic E-state index is 0.0522. The molecule has 0 spiro atoms. The number of amides is 4. The summed E-state index contributed by atoms with van der Waals surface area (Å²) in [4.78, 5) is 72.4. The number of benzene rings is 2. The molecule has 0 bridgehead atoms. The molecule has 1 saturated heterocycles. The van der Waals surface area contributed by atoms with E-state index in [0.29, 0.717) is 34.4 Å². The highest BCUT2D eigenvalue weighted by atomic mass is 35.5. The topological polar surface area (TPSA) is 141 Å². The lowest BCUT2D eigenvalue weighted by Gasteiger charge is -2.27. The Balaban J connectivity index is 1.72. The average Bonchev–Trinajstić information content (AvgIpc) is 3.47. The van der Waals surface area contributed by atoms with Crippen LogP contribution in [0, 0.1) is 0 Å². The smallest absolute Gasteiger partial charge is 0.432 e. The Kier molecular flexibility index (Phi) is 9.41. The van der Waals surface area contributed by atoms with Gasteiger partial charge in [0.15, 0.2) is 0 Å². The second kappa shape index (κ2) is 12.8. The van der Waals surface area contributed by atoms with Crippen molar-refractivity contribution in [2.45, 2.75) is 45.8 Å². The summed E-state index contributed by atoms with van der Waals surface area (Å²) < 4.78 is 10.7. The summed E-state index contributed by atoms with van der Waals surface area (Å²) in [6, 6.07) is 10.8. The number of hydrogen-bond acceptors (Lipinski definition) is 8. The maximum absolute atomic E-state index is 14.1. The molecule has 12 nitrogen and oxygen atoms in total. The highest BCUT2D eigenvalue weighted by Crippen LogP contribution is 2.22. The largest absolute Gasteiger partial charge is 0.442 e. The number of imide groups is 1. The van der Waals surface area contributed by atoms with Crippen LogP contribution >= 0.6 is 11.6 Å². The first-order valence-corrected chi connectivity index (χ1v) is 14.1. The number of rotatable bonds is 6. The van der Waals surface area contributed by atoms with Crippen molar-refractivity contribution in [2.75, 3.05) is 27.2 Å². The van der Waals surface area contributed by atoms with Gasteiger partial charge in [0, 0.05) is 44.1 Å². The quantitative estimate of drug-likeness (QED) is 0.387. The van der Waals surface area contributed by atoms with Crippen molar-refractivity contribution < 1.29 is 28.7 Å². The number of halogens is 1. The van der Waals surface area contributed by atoms with Crippen molar-refractivity contribution in [1.82, 2.24) is 25.2 Å². The Morgan fingerprint density at radius 2 is 1.65 bits per heavy atom. The Morgan fingerprint density at radius 3 is 2.26 bits per heavy atom. The molecule has 0 aliphatic carbocycles. The number of pyridine rings is 1. The summed E-state index contributed by atoms with van der Waals surface area (Å²) >= 11 is 6.14. The van der Waals surface area contributed by atoms with E-state index in [2.05, 4.69) is 10.4 Å². The predicted octanol–water partition coefficient (Wildman–Crippen LogP) is 4.56. The molecule has 0 unspecified atom stereocenters. The molecule has 4 rings (SSSR count). The number of carbonyl (C=O) groups is 4. The van der Waals surface area contributed by atoms with Crippen LogP contribution in [0.3, 0.4) is 0 Å². The number of nitrogens with one attached hydrogen (secondary N) is 2. The number of ether oxygens (including phenoxy) is 2. The zero-order valence-electron chi connectivity index (χ0n) is 24.7. The van der Waals surface area contributed by atoms with Crippen molar-refractivity contribution in [3.8, 4) is 5.75 Å². The van der Waals surface area contributed by atoms with Gasteiger partial charge in [-0.25, -0.2) is 15.0 Å². The molecule has 2 N–H and O–H groups in total. The van der Waals surface area contributed by atoms with E-state index in [-0.39, 0.29) is 23.1 Å². The molecular formula is C30H34ClN5O7. The van der Waals surface area contributed by atoms with Gasteiger partial charge in [-0.05, 0) is 69.5 Å². The summed E-state index contributed by atoms with van der Waals surface area (Å²) in [7, 11) is 3.12. The Labute approximate surface area is 253 Å². The summed E-state index contributed by atoms with van der Waals surface area (Å²) in [5.41, 5.74) is 1.19. The second-order valence-electron chi connectivity index (χ2n) is 11.3. The lowest BCUT2D eigenvalue weighted by molar-refractivity contribution is 0.0137. The van der Waals surface area contributed by atoms with Crippen LogP contribution in [-0.4, -0.2) is 76.6 Å². The maximum Gasteiger partial charge on any atom is 0.432 e. The normalized spacial score (nSPS) is 13.1. The van der Waals surface area contributed by atoms with Crippen LogP contribution in [0.2, 0.25) is 5.02 Å². The zero-order valence-corrected chi connectivity index (χ0v) is 25.4. The fraction of sp³-hybridized carbons (Fsp3) is 0.367. The molecule has 3 aromatic rings. The van der Waals surface area contributed by atoms with Gasteiger partial charge >= 0.3 is 12.2 Å². The lowest BCUT2D eigenvalue weighted by Crippen LogP contribution is -2.50. The van der Waals surface area contributed by atoms with Crippen molar-refractivity contribution in [1.29, 1.82) is 0 Å². The molecule has 1 fully saturated rings. The Bertz CT molecular complexity index is 1610. The zero-order chi connectivity index (χ0) is 31.5. The van der Waals surface area contributed by atoms with E-state index < -0.39 is 40.6 Å². The first kappa shape index (κ1) is 31.5. The molecule has 4 amide bonds. The van der Waals surface area contributed by atoms with E-state index in [4.69, 9.17) is 21.1 Å². The number of nitrogens with zero attached hydrogens (tertiary/aromatic N) is 3. The molecule has 43 heavy (non-hydrogen) atoms. The van der Waals surface area contributed by atoms with Gasteiger partial charge in [-0.3, -0.25) is 14.4 Å². The molecule has 2 heterocycles. The number of likely N-dealkylation sites (tertiary alicyclic amines) is 1. The molecule has 1 aliphatic heterocycles. The average molecular weight is 612 g/mol. The van der Waals surface area contributed by atoms with Gasteiger partial charge in [-0.2, -0.15) is 5.01 Å². The molecule has 1 aromatic heterocycles. The van der Waals surface area contributed by atoms with Crippen molar-refractivity contribution in [3.05, 3.63) is 74.5 Å². The highest BCUT2D eigenvalue weighted by molar-refractivity contribution is 6.31. The van der Waals surface area contributed by atoms with Crippen molar-refractivity contribution >= 4 is 46.5 Å². The first-order valence-electron chi connectivity index (χ1n) is 13.7. The fourth-order valence-corrected chi connectivity index (χ4v) is 4.55. The number of hydrazine groups is 1. The number of aromatic nitrogens is 1. The van der Waals surface area contributed by atoms with Gasteiger partial charge in [0.05, 0.1) is 5.52 Å². The molecule has 228 valence electrons. The van der Waals surface area contributed by atoms with E-state index in [1.165, 1.54) is 23.1 Å². The number of H-pyrrole nitrogens is 1. The van der Waals surface area contributed by atoms with Crippen molar-refractivity contribution in [3.63, 3.8) is 0 Å². The SMILES string of the molecule is CN(C)C(=O)Oc1ccc(CNN(C(=O)OC(C)(C)C)C(=O)c2c(C(=O)N3CCCC3)[nH]c3cc(Cl)ccc3c2=O)cc1. The van der Waals surface area contributed by atoms with E-state index in [1.54, 1.807) is 64.0 Å². The van der Waals surface area contributed by atoms with E-state index in [1.807, 2.05) is 0 Å². The van der Waals surface area contributed by atoms with Gasteiger partial charge in [0.25, 0.3) is 11.8 Å². The van der Waals surface area contributed by atoms with Gasteiger partial charge < -0.3 is 24.3 Å². The molecular weight excluding hydrogens is 578 g/mol. The summed E-state index contributed by atoms with van der Waals surface area (Å²) in [5, 5.41) is 1.05. The van der Waals surface area contributed by atoms with Crippen LogP contribution in [0.4, 0.5) is 9.59 Å². The van der Waals surface area contributed by atoms with Crippen LogP contribution in [0.5, 0.6) is 5.75 Å². The number of fused-ring (bicyclic) bond motifs is 1.